The first-order valence-corrected chi connectivity index (χ1v) is 15.8. The maximum Gasteiger partial charge on any atom is 0.338 e. The van der Waals surface area contributed by atoms with Crippen LogP contribution in [0.3, 0.4) is 0 Å². The van der Waals surface area contributed by atoms with Gasteiger partial charge in [0.25, 0.3) is 0 Å². The second-order valence-corrected chi connectivity index (χ2v) is 14.4. The predicted octanol–water partition coefficient (Wildman–Crippen LogP) is 5.30. The summed E-state index contributed by atoms with van der Waals surface area (Å²) in [6.45, 7) is 3.36. The van der Waals surface area contributed by atoms with Crippen LogP contribution in [0.25, 0.3) is 33.7 Å². The second kappa shape index (κ2) is 10.4. The number of nitrogens with zero attached hydrogens (tertiary/aromatic N) is 1. The van der Waals surface area contributed by atoms with Crippen LogP contribution in [0.5, 0.6) is 0 Å². The summed E-state index contributed by atoms with van der Waals surface area (Å²) in [5, 5.41) is 0.809. The summed E-state index contributed by atoms with van der Waals surface area (Å²) >= 11 is 0. The Morgan fingerprint density at radius 1 is 0.897 bits per heavy atom. The zero-order valence-corrected chi connectivity index (χ0v) is 23.9. The average molecular weight is 564 g/mol. The maximum absolute atomic E-state index is 12.7. The van der Waals surface area contributed by atoms with E-state index in [0.717, 1.165) is 28.3 Å². The van der Waals surface area contributed by atoms with Crippen molar-refractivity contribution in [3.8, 4) is 11.1 Å². The maximum atomic E-state index is 12.7. The van der Waals surface area contributed by atoms with Crippen molar-refractivity contribution in [3.63, 3.8) is 0 Å². The predicted molar refractivity (Wildman–Crippen MR) is 154 cm³/mol. The van der Waals surface area contributed by atoms with E-state index in [0.29, 0.717) is 16.7 Å². The minimum Gasteiger partial charge on any atom is -0.465 e. The lowest BCUT2D eigenvalue weighted by Crippen LogP contribution is -2.28. The first kappa shape index (κ1) is 28.2. The van der Waals surface area contributed by atoms with Gasteiger partial charge in [-0.15, -0.1) is 0 Å². The largest absolute Gasteiger partial charge is 0.465 e. The van der Waals surface area contributed by atoms with Crippen molar-refractivity contribution < 1.29 is 26.4 Å². The highest BCUT2D eigenvalue weighted by atomic mass is 32.2. The van der Waals surface area contributed by atoms with Crippen LogP contribution in [0, 0.1) is 0 Å². The number of hydrogen-bond donors (Lipinski definition) is 0. The lowest BCUT2D eigenvalue weighted by Gasteiger charge is -2.24. The second-order valence-electron chi connectivity index (χ2n) is 9.85. The molecule has 0 radical (unpaired) electrons. The molecule has 0 spiro atoms. The van der Waals surface area contributed by atoms with E-state index in [4.69, 9.17) is 4.74 Å². The molecule has 0 aliphatic heterocycles. The number of benzene rings is 3. The zero-order valence-electron chi connectivity index (χ0n) is 22.3. The summed E-state index contributed by atoms with van der Waals surface area (Å²) in [5.74, 6) is -0.573. The van der Waals surface area contributed by atoms with Crippen LogP contribution in [0.2, 0.25) is 0 Å². The zero-order chi connectivity index (χ0) is 28.6. The molecule has 0 N–H and O–H groups in total. The van der Waals surface area contributed by atoms with Gasteiger partial charge in [0.15, 0.2) is 19.7 Å². The summed E-state index contributed by atoms with van der Waals surface area (Å²) in [6, 6.07) is 20.9. The molecule has 1 heterocycles. The van der Waals surface area contributed by atoms with Gasteiger partial charge >= 0.3 is 5.97 Å². The molecule has 1 aromatic heterocycles. The van der Waals surface area contributed by atoms with E-state index in [2.05, 4.69) is 4.98 Å². The Hall–Kier alpha value is -3.82. The van der Waals surface area contributed by atoms with Crippen molar-refractivity contribution in [2.24, 2.45) is 0 Å². The van der Waals surface area contributed by atoms with Gasteiger partial charge in [-0.3, -0.25) is 4.98 Å². The molecule has 0 saturated heterocycles. The van der Waals surface area contributed by atoms with E-state index >= 15 is 0 Å². The summed E-state index contributed by atoms with van der Waals surface area (Å²) in [5.41, 5.74) is 4.35. The molecule has 0 fully saturated rings. The number of carbonyl (C=O) groups excluding carboxylic acids is 1. The summed E-state index contributed by atoms with van der Waals surface area (Å²) < 4.78 is 52.8. The van der Waals surface area contributed by atoms with Crippen LogP contribution >= 0.6 is 0 Å². The Kier molecular flexibility index (Phi) is 7.51. The molecule has 0 saturated carbocycles. The molecule has 0 aliphatic rings. The van der Waals surface area contributed by atoms with Crippen molar-refractivity contribution in [1.29, 1.82) is 0 Å². The fraction of sp³-hybridized carbons (Fsp3) is 0.200. The minimum absolute atomic E-state index is 0.147. The van der Waals surface area contributed by atoms with Crippen molar-refractivity contribution in [1.82, 2.24) is 4.98 Å². The third-order valence-electron chi connectivity index (χ3n) is 6.83. The standard InChI is InChI=1S/C30H29NO6S2/c1-30(2,39(5,35)36)24-18-23-10-7-15-31-28(23)26(19-24)22-9-6-8-20(16-22)17-27(29(32)37-3)21-11-13-25(14-12-21)38(4,33)34/h6-19H,1-5H3/b27-17+. The summed E-state index contributed by atoms with van der Waals surface area (Å²) in [7, 11) is -5.53. The highest BCUT2D eigenvalue weighted by molar-refractivity contribution is 7.91. The van der Waals surface area contributed by atoms with E-state index in [1.54, 1.807) is 44.3 Å². The molecule has 0 bridgehead atoms. The van der Waals surface area contributed by atoms with Gasteiger partial charge in [-0.2, -0.15) is 0 Å². The van der Waals surface area contributed by atoms with E-state index in [1.165, 1.54) is 25.5 Å². The SMILES string of the molecule is COC(=O)/C(=C/c1cccc(-c2cc(C(C)(C)S(C)(=O)=O)cc3cccnc23)c1)c1ccc(S(C)(=O)=O)cc1. The Morgan fingerprint density at radius 2 is 1.59 bits per heavy atom. The third-order valence-corrected chi connectivity index (χ3v) is 10.1. The first-order chi connectivity index (χ1) is 18.2. The van der Waals surface area contributed by atoms with Gasteiger partial charge in [0.05, 0.1) is 27.8 Å². The Labute approximate surface area is 229 Å². The number of methoxy groups -OCH3 is 1. The van der Waals surface area contributed by atoms with Crippen molar-refractivity contribution in [2.45, 2.75) is 23.5 Å². The van der Waals surface area contributed by atoms with Crippen LogP contribution in [-0.4, -0.2) is 47.4 Å². The number of fused-ring (bicyclic) bond motifs is 1. The molecule has 39 heavy (non-hydrogen) atoms. The number of rotatable bonds is 7. The molecule has 0 unspecified atom stereocenters. The molecule has 7 nitrogen and oxygen atoms in total. The monoisotopic (exact) mass is 563 g/mol. The molecule has 9 heteroatoms. The molecule has 202 valence electrons. The Balaban J connectivity index is 1.88. The van der Waals surface area contributed by atoms with Gasteiger partial charge in [-0.25, -0.2) is 21.6 Å². The lowest BCUT2D eigenvalue weighted by atomic mass is 9.92. The third kappa shape index (κ3) is 5.79. The van der Waals surface area contributed by atoms with E-state index < -0.39 is 30.4 Å². The van der Waals surface area contributed by atoms with Gasteiger partial charge in [-0.05, 0) is 78.6 Å². The Morgan fingerprint density at radius 3 is 2.21 bits per heavy atom. The number of esters is 1. The molecule has 4 rings (SSSR count). The van der Waals surface area contributed by atoms with Gasteiger partial charge in [-0.1, -0.05) is 36.4 Å². The fourth-order valence-corrected chi connectivity index (χ4v) is 5.36. The fourth-order valence-electron chi connectivity index (χ4n) is 4.19. The van der Waals surface area contributed by atoms with E-state index in [9.17, 15) is 21.6 Å². The van der Waals surface area contributed by atoms with Gasteiger partial charge < -0.3 is 4.74 Å². The summed E-state index contributed by atoms with van der Waals surface area (Å²) in [4.78, 5) is 17.4. The molecule has 0 aliphatic carbocycles. The number of carbonyl (C=O) groups is 1. The van der Waals surface area contributed by atoms with Crippen LogP contribution in [0.15, 0.2) is 83.9 Å². The number of aromatic nitrogens is 1. The molecule has 0 atom stereocenters. The van der Waals surface area contributed by atoms with Crippen molar-refractivity contribution in [3.05, 3.63) is 95.7 Å². The van der Waals surface area contributed by atoms with Crippen LogP contribution in [0.4, 0.5) is 0 Å². The van der Waals surface area contributed by atoms with Gasteiger partial charge in [0, 0.05) is 29.7 Å². The summed E-state index contributed by atoms with van der Waals surface area (Å²) in [6.07, 6.45) is 5.70. The van der Waals surface area contributed by atoms with Gasteiger partial charge in [0.2, 0.25) is 0 Å². The van der Waals surface area contributed by atoms with E-state index in [1.807, 2.05) is 42.5 Å². The number of hydrogen-bond acceptors (Lipinski definition) is 7. The molecule has 4 aromatic rings. The average Bonchev–Trinajstić information content (AvgIpc) is 2.89. The normalized spacial score (nSPS) is 12.9. The molecule has 0 amide bonds. The van der Waals surface area contributed by atoms with Crippen LogP contribution in [-0.2, 0) is 34.0 Å². The van der Waals surface area contributed by atoms with Crippen molar-refractivity contribution in [2.75, 3.05) is 19.6 Å². The molecular weight excluding hydrogens is 534 g/mol. The quantitative estimate of drug-likeness (QED) is 0.171. The van der Waals surface area contributed by atoms with Crippen molar-refractivity contribution >= 4 is 48.2 Å². The lowest BCUT2D eigenvalue weighted by molar-refractivity contribution is -0.133. The van der Waals surface area contributed by atoms with Gasteiger partial charge in [0.1, 0.15) is 0 Å². The number of sulfone groups is 2. The first-order valence-electron chi connectivity index (χ1n) is 12.0. The Bertz CT molecular complexity index is 1820. The van der Waals surface area contributed by atoms with Crippen LogP contribution < -0.4 is 0 Å². The number of ether oxygens (including phenoxy) is 1. The van der Waals surface area contributed by atoms with E-state index in [-0.39, 0.29) is 10.5 Å². The molecule has 3 aromatic carbocycles. The topological polar surface area (TPSA) is 107 Å². The smallest absolute Gasteiger partial charge is 0.338 e. The highest BCUT2D eigenvalue weighted by Crippen LogP contribution is 2.37. The number of pyridine rings is 1. The van der Waals surface area contributed by atoms with Crippen LogP contribution in [0.1, 0.15) is 30.5 Å². The highest BCUT2D eigenvalue weighted by Gasteiger charge is 2.33. The minimum atomic E-state index is -3.42. The molecular formula is C30H29NO6S2.